The number of hydrogen-bond donors (Lipinski definition) is 1. The summed E-state index contributed by atoms with van der Waals surface area (Å²) < 4.78 is 22.1. The van der Waals surface area contributed by atoms with E-state index in [9.17, 15) is 4.79 Å². The molecule has 1 fully saturated rings. The quantitative estimate of drug-likeness (QED) is 0.270. The minimum atomic E-state index is -0.130. The number of nitrogens with one attached hydrogen (secondary N) is 1. The molecular weight excluding hydrogens is 520 g/mol. The van der Waals surface area contributed by atoms with Crippen molar-refractivity contribution in [2.24, 2.45) is 5.92 Å². The van der Waals surface area contributed by atoms with Crippen LogP contribution in [0.4, 0.5) is 5.69 Å². The number of benzene rings is 3. The van der Waals surface area contributed by atoms with Crippen molar-refractivity contribution in [1.29, 1.82) is 0 Å². The summed E-state index contributed by atoms with van der Waals surface area (Å²) in [5, 5.41) is 7.66. The number of hydrogen-bond acceptors (Lipinski definition) is 8. The Morgan fingerprint density at radius 2 is 1.74 bits per heavy atom. The van der Waals surface area contributed by atoms with E-state index in [0.717, 1.165) is 18.7 Å². The molecule has 3 aromatic carbocycles. The maximum absolute atomic E-state index is 13.1. The first-order valence-corrected chi connectivity index (χ1v) is 13.0. The van der Waals surface area contributed by atoms with Crippen LogP contribution in [0.3, 0.4) is 0 Å². The molecule has 2 heterocycles. The van der Waals surface area contributed by atoms with E-state index in [4.69, 9.17) is 30.3 Å². The zero-order chi connectivity index (χ0) is 27.2. The van der Waals surface area contributed by atoms with E-state index in [1.54, 1.807) is 38.5 Å². The zero-order valence-electron chi connectivity index (χ0n) is 21.7. The Kier molecular flexibility index (Phi) is 8.29. The van der Waals surface area contributed by atoms with Crippen LogP contribution < -0.4 is 19.5 Å². The Labute approximate surface area is 231 Å². The van der Waals surface area contributed by atoms with Crippen molar-refractivity contribution in [1.82, 2.24) is 15.0 Å². The molecule has 0 unspecified atom stereocenters. The number of methoxy groups -OCH3 is 2. The van der Waals surface area contributed by atoms with Gasteiger partial charge in [-0.25, -0.2) is 0 Å². The normalized spacial score (nSPS) is 14.1. The predicted molar refractivity (Wildman–Crippen MR) is 147 cm³/mol. The highest BCUT2D eigenvalue weighted by atomic mass is 35.5. The van der Waals surface area contributed by atoms with Crippen molar-refractivity contribution in [3.8, 4) is 34.4 Å². The SMILES string of the molecule is COc1ccc(-c2noc(CN3CCC(C(=O)Nc4cc(Cl)ccc4Oc4ccccc4)CC3)n2)cc1OC. The van der Waals surface area contributed by atoms with Crippen LogP contribution in [0.2, 0.25) is 5.02 Å². The van der Waals surface area contributed by atoms with Crippen LogP contribution in [0.5, 0.6) is 23.0 Å². The van der Waals surface area contributed by atoms with Crippen LogP contribution in [0.15, 0.2) is 71.3 Å². The number of likely N-dealkylation sites (tertiary alicyclic amines) is 1. The van der Waals surface area contributed by atoms with Gasteiger partial charge in [0.05, 0.1) is 26.5 Å². The van der Waals surface area contributed by atoms with Gasteiger partial charge in [0, 0.05) is 16.5 Å². The first kappa shape index (κ1) is 26.5. The number of anilines is 1. The molecule has 0 atom stereocenters. The van der Waals surface area contributed by atoms with Gasteiger partial charge in [0.25, 0.3) is 0 Å². The number of ether oxygens (including phenoxy) is 3. The molecule has 1 saturated heterocycles. The van der Waals surface area contributed by atoms with Crippen LogP contribution in [-0.4, -0.2) is 48.3 Å². The zero-order valence-corrected chi connectivity index (χ0v) is 22.5. The lowest BCUT2D eigenvalue weighted by molar-refractivity contribution is -0.121. The van der Waals surface area contributed by atoms with Crippen molar-refractivity contribution in [2.45, 2.75) is 19.4 Å². The second-order valence-corrected chi connectivity index (χ2v) is 9.61. The molecule has 5 rings (SSSR count). The minimum Gasteiger partial charge on any atom is -0.493 e. The van der Waals surface area contributed by atoms with E-state index in [-0.39, 0.29) is 11.8 Å². The van der Waals surface area contributed by atoms with Gasteiger partial charge in [-0.15, -0.1) is 0 Å². The number of carbonyl (C=O) groups excluding carboxylic acids is 1. The molecule has 9 nitrogen and oxygen atoms in total. The lowest BCUT2D eigenvalue weighted by atomic mass is 9.96. The number of nitrogens with zero attached hydrogens (tertiary/aromatic N) is 3. The summed E-state index contributed by atoms with van der Waals surface area (Å²) in [7, 11) is 3.17. The summed E-state index contributed by atoms with van der Waals surface area (Å²) in [5.41, 5.74) is 1.32. The Morgan fingerprint density at radius 3 is 2.49 bits per heavy atom. The summed E-state index contributed by atoms with van der Waals surface area (Å²) >= 11 is 6.21. The molecule has 1 N–H and O–H groups in total. The van der Waals surface area contributed by atoms with Gasteiger partial charge in [0.2, 0.25) is 17.6 Å². The van der Waals surface area contributed by atoms with Crippen LogP contribution >= 0.6 is 11.6 Å². The third kappa shape index (κ3) is 6.50. The van der Waals surface area contributed by atoms with E-state index in [1.807, 2.05) is 42.5 Å². The molecule has 0 spiro atoms. The molecule has 1 amide bonds. The van der Waals surface area contributed by atoms with Crippen LogP contribution in [-0.2, 0) is 11.3 Å². The number of halogens is 1. The molecular formula is C29H29ClN4O5. The van der Waals surface area contributed by atoms with Gasteiger partial charge >= 0.3 is 0 Å². The lowest BCUT2D eigenvalue weighted by Crippen LogP contribution is -2.37. The van der Waals surface area contributed by atoms with Crippen molar-refractivity contribution in [3.05, 3.63) is 77.6 Å². The smallest absolute Gasteiger partial charge is 0.241 e. The second kappa shape index (κ2) is 12.2. The summed E-state index contributed by atoms with van der Waals surface area (Å²) in [5.74, 6) is 3.26. The fraction of sp³-hybridized carbons (Fsp3) is 0.276. The molecule has 0 saturated carbocycles. The molecule has 0 aliphatic carbocycles. The van der Waals surface area contributed by atoms with Gasteiger partial charge < -0.3 is 24.1 Å². The fourth-order valence-electron chi connectivity index (χ4n) is 4.50. The molecule has 0 bridgehead atoms. The number of rotatable bonds is 9. The summed E-state index contributed by atoms with van der Waals surface area (Å²) in [6, 6.07) is 20.1. The van der Waals surface area contributed by atoms with Crippen LogP contribution in [0.25, 0.3) is 11.4 Å². The number of carbonyl (C=O) groups is 1. The standard InChI is InChI=1S/C29H29ClN4O5/c1-36-25-10-8-20(16-26(25)37-2)28-32-27(39-33-28)18-34-14-12-19(13-15-34)29(35)31-23-17-21(30)9-11-24(23)38-22-6-4-3-5-7-22/h3-11,16-17,19H,12-15,18H2,1-2H3,(H,31,35). The van der Waals surface area contributed by atoms with Crippen molar-refractivity contribution >= 4 is 23.2 Å². The van der Waals surface area contributed by atoms with Crippen LogP contribution in [0.1, 0.15) is 18.7 Å². The highest BCUT2D eigenvalue weighted by Crippen LogP contribution is 2.34. The third-order valence-electron chi connectivity index (χ3n) is 6.60. The van der Waals surface area contributed by atoms with Gasteiger partial charge in [0.1, 0.15) is 5.75 Å². The van der Waals surface area contributed by atoms with Gasteiger partial charge in [0.15, 0.2) is 17.2 Å². The molecule has 0 radical (unpaired) electrons. The Balaban J connectivity index is 1.16. The van der Waals surface area contributed by atoms with Gasteiger partial charge in [-0.05, 0) is 74.5 Å². The predicted octanol–water partition coefficient (Wildman–Crippen LogP) is 6.05. The lowest BCUT2D eigenvalue weighted by Gasteiger charge is -2.30. The Hall–Kier alpha value is -4.08. The van der Waals surface area contributed by atoms with Crippen molar-refractivity contribution in [3.63, 3.8) is 0 Å². The average Bonchev–Trinajstić information content (AvgIpc) is 3.43. The second-order valence-electron chi connectivity index (χ2n) is 9.18. The largest absolute Gasteiger partial charge is 0.493 e. The molecule has 39 heavy (non-hydrogen) atoms. The monoisotopic (exact) mass is 548 g/mol. The topological polar surface area (TPSA) is 99.0 Å². The Morgan fingerprint density at radius 1 is 1.00 bits per heavy atom. The number of para-hydroxylation sites is 1. The highest BCUT2D eigenvalue weighted by molar-refractivity contribution is 6.31. The third-order valence-corrected chi connectivity index (χ3v) is 6.83. The highest BCUT2D eigenvalue weighted by Gasteiger charge is 2.27. The number of amides is 1. The van der Waals surface area contributed by atoms with E-state index >= 15 is 0 Å². The maximum atomic E-state index is 13.1. The van der Waals surface area contributed by atoms with E-state index in [0.29, 0.717) is 64.8 Å². The first-order valence-electron chi connectivity index (χ1n) is 12.6. The van der Waals surface area contributed by atoms with Gasteiger partial charge in [-0.2, -0.15) is 4.98 Å². The number of piperidine rings is 1. The van der Waals surface area contributed by atoms with E-state index in [2.05, 4.69) is 20.4 Å². The van der Waals surface area contributed by atoms with Crippen molar-refractivity contribution in [2.75, 3.05) is 32.6 Å². The molecule has 1 aliphatic heterocycles. The fourth-order valence-corrected chi connectivity index (χ4v) is 4.67. The average molecular weight is 549 g/mol. The molecule has 202 valence electrons. The van der Waals surface area contributed by atoms with E-state index < -0.39 is 0 Å². The molecule has 10 heteroatoms. The summed E-state index contributed by atoms with van der Waals surface area (Å²) in [6.07, 6.45) is 1.41. The molecule has 1 aromatic heterocycles. The molecule has 4 aromatic rings. The summed E-state index contributed by atoms with van der Waals surface area (Å²) in [4.78, 5) is 19.9. The summed E-state index contributed by atoms with van der Waals surface area (Å²) in [6.45, 7) is 1.97. The van der Waals surface area contributed by atoms with E-state index in [1.165, 1.54) is 0 Å². The molecule has 1 aliphatic rings. The Bertz CT molecular complexity index is 1420. The van der Waals surface area contributed by atoms with Gasteiger partial charge in [-0.1, -0.05) is 35.0 Å². The van der Waals surface area contributed by atoms with Crippen LogP contribution in [0, 0.1) is 5.92 Å². The first-order chi connectivity index (χ1) is 19.0. The maximum Gasteiger partial charge on any atom is 0.241 e. The number of aromatic nitrogens is 2. The minimum absolute atomic E-state index is 0.0524. The van der Waals surface area contributed by atoms with Crippen molar-refractivity contribution < 1.29 is 23.5 Å². The van der Waals surface area contributed by atoms with Gasteiger partial charge in [-0.3, -0.25) is 9.69 Å².